The molecule has 1 aromatic carbocycles. The number of nitro groups is 1. The Bertz CT molecular complexity index is 742. The molecule has 0 aliphatic carbocycles. The van der Waals surface area contributed by atoms with Crippen LogP contribution in [0, 0.1) is 17.0 Å². The van der Waals surface area contributed by atoms with E-state index in [1.165, 1.54) is 24.5 Å². The Morgan fingerprint density at radius 1 is 1.25 bits per heavy atom. The predicted octanol–water partition coefficient (Wildman–Crippen LogP) is 1.93. The van der Waals surface area contributed by atoms with Crippen molar-refractivity contribution in [1.82, 2.24) is 10.6 Å². The van der Waals surface area contributed by atoms with Crippen LogP contribution in [0.15, 0.2) is 41.0 Å². The summed E-state index contributed by atoms with van der Waals surface area (Å²) in [5, 5.41) is 18.2. The molecular weight excluding hydrogens is 316 g/mol. The zero-order chi connectivity index (χ0) is 17.5. The lowest BCUT2D eigenvalue weighted by Crippen LogP contribution is -2.39. The minimum absolute atomic E-state index is 0.125. The fourth-order valence-corrected chi connectivity index (χ4v) is 1.86. The van der Waals surface area contributed by atoms with E-state index in [4.69, 9.17) is 4.42 Å². The molecule has 0 saturated heterocycles. The minimum Gasteiger partial charge on any atom is -0.467 e. The summed E-state index contributed by atoms with van der Waals surface area (Å²) >= 11 is 0. The van der Waals surface area contributed by atoms with E-state index in [-0.39, 0.29) is 18.8 Å². The van der Waals surface area contributed by atoms with E-state index in [2.05, 4.69) is 16.0 Å². The van der Waals surface area contributed by atoms with Crippen LogP contribution in [0.25, 0.3) is 0 Å². The van der Waals surface area contributed by atoms with Crippen molar-refractivity contribution < 1.29 is 18.9 Å². The van der Waals surface area contributed by atoms with Crippen LogP contribution in [0.1, 0.15) is 11.3 Å². The zero-order valence-electron chi connectivity index (χ0n) is 12.9. The van der Waals surface area contributed by atoms with Crippen molar-refractivity contribution in [2.24, 2.45) is 0 Å². The number of nitrogens with zero attached hydrogens (tertiary/aromatic N) is 1. The van der Waals surface area contributed by atoms with Gasteiger partial charge in [0.25, 0.3) is 5.69 Å². The van der Waals surface area contributed by atoms with Gasteiger partial charge >= 0.3 is 6.03 Å². The van der Waals surface area contributed by atoms with Gasteiger partial charge in [0.15, 0.2) is 0 Å². The van der Waals surface area contributed by atoms with E-state index in [9.17, 15) is 19.7 Å². The summed E-state index contributed by atoms with van der Waals surface area (Å²) in [6.45, 7) is 1.64. The fourth-order valence-electron chi connectivity index (χ4n) is 1.86. The Labute approximate surface area is 137 Å². The number of amides is 3. The van der Waals surface area contributed by atoms with E-state index < -0.39 is 16.9 Å². The Morgan fingerprint density at radius 3 is 2.71 bits per heavy atom. The number of hydrogen-bond acceptors (Lipinski definition) is 5. The SMILES string of the molecule is Cc1ccc([N+](=O)[O-])cc1NC(=O)CNC(=O)NCc1ccco1. The molecule has 1 aromatic heterocycles. The van der Waals surface area contributed by atoms with Crippen molar-refractivity contribution in [3.63, 3.8) is 0 Å². The van der Waals surface area contributed by atoms with Crippen molar-refractivity contribution in [2.45, 2.75) is 13.5 Å². The third kappa shape index (κ3) is 4.83. The number of hydrogen-bond donors (Lipinski definition) is 3. The maximum absolute atomic E-state index is 11.8. The molecule has 0 aliphatic heterocycles. The average molecular weight is 332 g/mol. The molecule has 0 radical (unpaired) electrons. The molecule has 9 heteroatoms. The van der Waals surface area contributed by atoms with E-state index in [1.807, 2.05) is 0 Å². The number of carbonyl (C=O) groups excluding carboxylic acids is 2. The normalized spacial score (nSPS) is 10.0. The molecule has 2 rings (SSSR count). The van der Waals surface area contributed by atoms with Gasteiger partial charge in [0.2, 0.25) is 5.91 Å². The van der Waals surface area contributed by atoms with Crippen molar-refractivity contribution in [3.05, 3.63) is 58.0 Å². The van der Waals surface area contributed by atoms with Crippen molar-refractivity contribution in [3.8, 4) is 0 Å². The van der Waals surface area contributed by atoms with Crippen LogP contribution in [-0.2, 0) is 11.3 Å². The average Bonchev–Trinajstić information content (AvgIpc) is 3.06. The van der Waals surface area contributed by atoms with E-state index in [0.29, 0.717) is 17.0 Å². The maximum Gasteiger partial charge on any atom is 0.315 e. The highest BCUT2D eigenvalue weighted by molar-refractivity contribution is 5.95. The van der Waals surface area contributed by atoms with Crippen LogP contribution in [-0.4, -0.2) is 23.4 Å². The first-order valence-electron chi connectivity index (χ1n) is 7.04. The molecule has 3 N–H and O–H groups in total. The van der Waals surface area contributed by atoms with Gasteiger partial charge in [0.1, 0.15) is 5.76 Å². The zero-order valence-corrected chi connectivity index (χ0v) is 12.9. The summed E-state index contributed by atoms with van der Waals surface area (Å²) in [7, 11) is 0. The van der Waals surface area contributed by atoms with Crippen LogP contribution in [0.5, 0.6) is 0 Å². The summed E-state index contributed by atoms with van der Waals surface area (Å²) in [6, 6.07) is 7.03. The Balaban J connectivity index is 1.81. The van der Waals surface area contributed by atoms with Crippen LogP contribution < -0.4 is 16.0 Å². The molecule has 0 unspecified atom stereocenters. The number of carbonyl (C=O) groups is 2. The quantitative estimate of drug-likeness (QED) is 0.550. The summed E-state index contributed by atoms with van der Waals surface area (Å²) < 4.78 is 5.06. The lowest BCUT2D eigenvalue weighted by molar-refractivity contribution is -0.384. The number of furan rings is 1. The molecule has 24 heavy (non-hydrogen) atoms. The van der Waals surface area contributed by atoms with Crippen LogP contribution in [0.3, 0.4) is 0 Å². The number of nitrogens with one attached hydrogen (secondary N) is 3. The third-order valence-corrected chi connectivity index (χ3v) is 3.12. The smallest absolute Gasteiger partial charge is 0.315 e. The Kier molecular flexibility index (Phi) is 5.50. The second-order valence-electron chi connectivity index (χ2n) is 4.92. The van der Waals surface area contributed by atoms with Gasteiger partial charge in [0.05, 0.1) is 30.0 Å². The van der Waals surface area contributed by atoms with Gasteiger partial charge in [-0.05, 0) is 24.6 Å². The van der Waals surface area contributed by atoms with Crippen LogP contribution >= 0.6 is 0 Å². The highest BCUT2D eigenvalue weighted by Crippen LogP contribution is 2.21. The van der Waals surface area contributed by atoms with Gasteiger partial charge in [-0.2, -0.15) is 0 Å². The lowest BCUT2D eigenvalue weighted by atomic mass is 10.2. The van der Waals surface area contributed by atoms with Gasteiger partial charge in [-0.15, -0.1) is 0 Å². The molecule has 9 nitrogen and oxygen atoms in total. The molecule has 0 atom stereocenters. The Morgan fingerprint density at radius 2 is 2.04 bits per heavy atom. The third-order valence-electron chi connectivity index (χ3n) is 3.12. The minimum atomic E-state index is -0.546. The maximum atomic E-state index is 11.8. The molecule has 0 spiro atoms. The van der Waals surface area contributed by atoms with Gasteiger partial charge in [0, 0.05) is 12.1 Å². The van der Waals surface area contributed by atoms with Crippen molar-refractivity contribution >= 4 is 23.3 Å². The number of non-ortho nitro benzene ring substituents is 1. The number of nitro benzene ring substituents is 1. The monoisotopic (exact) mass is 332 g/mol. The molecule has 126 valence electrons. The van der Waals surface area contributed by atoms with Crippen LogP contribution in [0.4, 0.5) is 16.2 Å². The van der Waals surface area contributed by atoms with E-state index in [1.54, 1.807) is 19.1 Å². The summed E-state index contributed by atoms with van der Waals surface area (Å²) in [5.74, 6) is 0.0913. The molecule has 2 aromatic rings. The fraction of sp³-hybridized carbons (Fsp3) is 0.200. The first kappa shape index (κ1) is 17.0. The topological polar surface area (TPSA) is 127 Å². The number of rotatable bonds is 6. The van der Waals surface area contributed by atoms with E-state index >= 15 is 0 Å². The standard InChI is InChI=1S/C15H16N4O5/c1-10-4-5-11(19(22)23)7-13(10)18-14(20)9-17-15(21)16-8-12-3-2-6-24-12/h2-7H,8-9H2,1H3,(H,18,20)(H2,16,17,21). The van der Waals surface area contributed by atoms with Gasteiger partial charge < -0.3 is 20.4 Å². The summed E-state index contributed by atoms with van der Waals surface area (Å²) in [6.07, 6.45) is 1.49. The molecule has 1 heterocycles. The molecule has 0 saturated carbocycles. The number of anilines is 1. The number of urea groups is 1. The number of aryl methyl sites for hydroxylation is 1. The second kappa shape index (κ2) is 7.77. The van der Waals surface area contributed by atoms with Crippen molar-refractivity contribution in [1.29, 1.82) is 0 Å². The molecule has 3 amide bonds. The first-order valence-corrected chi connectivity index (χ1v) is 7.04. The second-order valence-corrected chi connectivity index (χ2v) is 4.92. The van der Waals surface area contributed by atoms with Gasteiger partial charge in [-0.25, -0.2) is 4.79 Å². The Hall–Kier alpha value is -3.36. The first-order chi connectivity index (χ1) is 11.5. The molecule has 0 fully saturated rings. The van der Waals surface area contributed by atoms with Gasteiger partial charge in [-0.1, -0.05) is 6.07 Å². The largest absolute Gasteiger partial charge is 0.467 e. The highest BCUT2D eigenvalue weighted by atomic mass is 16.6. The molecular formula is C15H16N4O5. The molecule has 0 bridgehead atoms. The van der Waals surface area contributed by atoms with Crippen LogP contribution in [0.2, 0.25) is 0 Å². The summed E-state index contributed by atoms with van der Waals surface area (Å²) in [4.78, 5) is 33.6. The van der Waals surface area contributed by atoms with Crippen molar-refractivity contribution in [2.75, 3.05) is 11.9 Å². The summed E-state index contributed by atoms with van der Waals surface area (Å²) in [5.41, 5.74) is 0.878. The number of benzene rings is 1. The highest BCUT2D eigenvalue weighted by Gasteiger charge is 2.12. The van der Waals surface area contributed by atoms with Gasteiger partial charge in [-0.3, -0.25) is 14.9 Å². The van der Waals surface area contributed by atoms with E-state index in [0.717, 1.165) is 0 Å². The predicted molar refractivity (Wildman–Crippen MR) is 85.4 cm³/mol. The lowest BCUT2D eigenvalue weighted by Gasteiger charge is -2.09. The molecule has 0 aliphatic rings.